The highest BCUT2D eigenvalue weighted by Crippen LogP contribution is 2.04. The largest absolute Gasteiger partial charge is 0.313 e. The zero-order valence-electron chi connectivity index (χ0n) is 6.65. The second-order valence-corrected chi connectivity index (χ2v) is 3.47. The number of hydrogen-bond donors (Lipinski definition) is 0. The van der Waals surface area contributed by atoms with E-state index in [4.69, 9.17) is 4.79 Å². The lowest BCUT2D eigenvalue weighted by atomic mass is 10.1. The first-order valence-electron chi connectivity index (χ1n) is 3.66. The molecule has 1 heterocycles. The highest BCUT2D eigenvalue weighted by Gasteiger charge is 2.02. The molecule has 0 N–H and O–H groups in total. The molecule has 1 fully saturated rings. The van der Waals surface area contributed by atoms with Gasteiger partial charge in [0.2, 0.25) is 0 Å². The smallest absolute Gasteiger partial charge is 0.306 e. The first kappa shape index (κ1) is 11.2. The minimum absolute atomic E-state index is 0.889. The molecule has 0 aromatic rings. The average molecular weight is 198 g/mol. The molecule has 1 aliphatic rings. The molecular formula is C7H13Cl2NO. The second-order valence-electron chi connectivity index (χ2n) is 2.59. The van der Waals surface area contributed by atoms with Gasteiger partial charge in [-0.25, -0.2) is 0 Å². The molecule has 1 saturated heterocycles. The van der Waals surface area contributed by atoms with Crippen LogP contribution in [-0.4, -0.2) is 29.7 Å². The molecule has 0 aromatic heterocycles. The second kappa shape index (κ2) is 6.89. The summed E-state index contributed by atoms with van der Waals surface area (Å²) in [6.45, 7) is 2.64. The zero-order valence-corrected chi connectivity index (χ0v) is 8.16. The van der Waals surface area contributed by atoms with Crippen LogP contribution in [0.4, 0.5) is 4.79 Å². The number of halogens is 2. The fourth-order valence-electron chi connectivity index (χ4n) is 1.05. The van der Waals surface area contributed by atoms with Crippen molar-refractivity contribution >= 4 is 27.9 Å². The predicted octanol–water partition coefficient (Wildman–Crippen LogP) is 2.69. The van der Waals surface area contributed by atoms with Gasteiger partial charge in [-0.3, -0.25) is 4.79 Å². The minimum Gasteiger partial charge on any atom is -0.306 e. The Morgan fingerprint density at radius 3 is 1.73 bits per heavy atom. The van der Waals surface area contributed by atoms with Crippen LogP contribution in [0.3, 0.4) is 0 Å². The Kier molecular flexibility index (Phi) is 7.02. The van der Waals surface area contributed by atoms with Crippen molar-refractivity contribution in [3.63, 3.8) is 0 Å². The monoisotopic (exact) mass is 197 g/mol. The maximum absolute atomic E-state index is 8.98. The summed E-state index contributed by atoms with van der Waals surface area (Å²) >= 11 is 8.80. The molecule has 2 nitrogen and oxygen atoms in total. The van der Waals surface area contributed by atoms with Gasteiger partial charge in [-0.15, -0.1) is 0 Å². The average Bonchev–Trinajstić information content (AvgIpc) is 1.87. The van der Waals surface area contributed by atoms with Gasteiger partial charge >= 0.3 is 4.70 Å². The third kappa shape index (κ3) is 10.2. The van der Waals surface area contributed by atoms with Crippen molar-refractivity contribution < 1.29 is 4.79 Å². The van der Waals surface area contributed by atoms with E-state index in [-0.39, 0.29) is 0 Å². The van der Waals surface area contributed by atoms with Crippen molar-refractivity contribution in [3.8, 4) is 0 Å². The molecule has 11 heavy (non-hydrogen) atoms. The SMILES string of the molecule is CN1CCCCC1.O=C(Cl)Cl. The van der Waals surface area contributed by atoms with E-state index in [1.54, 1.807) is 0 Å². The number of likely N-dealkylation sites (tertiary alicyclic amines) is 1. The van der Waals surface area contributed by atoms with Gasteiger partial charge in [-0.1, -0.05) is 6.42 Å². The van der Waals surface area contributed by atoms with Gasteiger partial charge < -0.3 is 4.90 Å². The van der Waals surface area contributed by atoms with E-state index < -0.39 is 4.70 Å². The van der Waals surface area contributed by atoms with E-state index in [2.05, 4.69) is 35.1 Å². The van der Waals surface area contributed by atoms with E-state index in [0.717, 1.165) is 0 Å². The summed E-state index contributed by atoms with van der Waals surface area (Å²) in [4.78, 5) is 11.4. The summed E-state index contributed by atoms with van der Waals surface area (Å²) in [5, 5.41) is 0. The fourth-order valence-corrected chi connectivity index (χ4v) is 1.05. The van der Waals surface area contributed by atoms with E-state index in [9.17, 15) is 0 Å². The van der Waals surface area contributed by atoms with Gasteiger partial charge in [0.1, 0.15) is 0 Å². The van der Waals surface area contributed by atoms with E-state index >= 15 is 0 Å². The van der Waals surface area contributed by atoms with Crippen molar-refractivity contribution in [2.75, 3.05) is 20.1 Å². The summed E-state index contributed by atoms with van der Waals surface area (Å²) in [6, 6.07) is 0. The van der Waals surface area contributed by atoms with E-state index in [1.807, 2.05) is 0 Å². The van der Waals surface area contributed by atoms with Crippen LogP contribution in [-0.2, 0) is 0 Å². The van der Waals surface area contributed by atoms with Crippen molar-refractivity contribution in [2.45, 2.75) is 19.3 Å². The molecule has 66 valence electrons. The zero-order chi connectivity index (χ0) is 8.69. The molecule has 0 aromatic carbocycles. The molecule has 0 radical (unpaired) electrons. The van der Waals surface area contributed by atoms with Crippen molar-refractivity contribution in [2.24, 2.45) is 0 Å². The Morgan fingerprint density at radius 1 is 1.18 bits per heavy atom. The van der Waals surface area contributed by atoms with Crippen LogP contribution in [0.1, 0.15) is 19.3 Å². The molecule has 0 atom stereocenters. The summed E-state index contributed by atoms with van der Waals surface area (Å²) < 4.78 is -0.889. The molecule has 0 amide bonds. The normalized spacial score (nSPS) is 18.5. The van der Waals surface area contributed by atoms with Crippen LogP contribution in [0, 0.1) is 0 Å². The Morgan fingerprint density at radius 2 is 1.55 bits per heavy atom. The van der Waals surface area contributed by atoms with Crippen LogP contribution in [0.15, 0.2) is 0 Å². The minimum atomic E-state index is -0.889. The molecule has 1 aliphatic heterocycles. The Balaban J connectivity index is 0.000000218. The van der Waals surface area contributed by atoms with E-state index in [1.165, 1.54) is 32.4 Å². The summed E-state index contributed by atoms with van der Waals surface area (Å²) in [5.41, 5.74) is 0. The summed E-state index contributed by atoms with van der Waals surface area (Å²) in [5.74, 6) is 0. The Bertz CT molecular complexity index is 109. The summed E-state index contributed by atoms with van der Waals surface area (Å²) in [6.07, 6.45) is 4.28. The first-order valence-corrected chi connectivity index (χ1v) is 4.42. The van der Waals surface area contributed by atoms with Crippen LogP contribution < -0.4 is 0 Å². The first-order chi connectivity index (χ1) is 5.13. The van der Waals surface area contributed by atoms with Crippen LogP contribution >= 0.6 is 23.2 Å². The molecule has 0 spiro atoms. The molecule has 4 heteroatoms. The number of piperidine rings is 1. The molecule has 1 rings (SSSR count). The summed E-state index contributed by atoms with van der Waals surface area (Å²) in [7, 11) is 2.19. The predicted molar refractivity (Wildman–Crippen MR) is 48.5 cm³/mol. The van der Waals surface area contributed by atoms with Gasteiger partial charge in [-0.2, -0.15) is 0 Å². The van der Waals surface area contributed by atoms with E-state index in [0.29, 0.717) is 0 Å². The molecule has 0 saturated carbocycles. The number of rotatable bonds is 0. The number of carbonyl (C=O) groups is 1. The van der Waals surface area contributed by atoms with Crippen LogP contribution in [0.25, 0.3) is 0 Å². The molecule has 0 bridgehead atoms. The Labute approximate surface area is 77.5 Å². The number of hydrogen-bond acceptors (Lipinski definition) is 2. The van der Waals surface area contributed by atoms with Crippen LogP contribution in [0.5, 0.6) is 0 Å². The van der Waals surface area contributed by atoms with Crippen molar-refractivity contribution in [3.05, 3.63) is 0 Å². The Hall–Kier alpha value is 0.210. The highest BCUT2D eigenvalue weighted by atomic mass is 35.5. The lowest BCUT2D eigenvalue weighted by Gasteiger charge is -2.20. The van der Waals surface area contributed by atoms with Crippen LogP contribution in [0.2, 0.25) is 0 Å². The lowest BCUT2D eigenvalue weighted by Crippen LogP contribution is -2.24. The third-order valence-corrected chi connectivity index (χ3v) is 1.58. The fraction of sp³-hybridized carbons (Fsp3) is 0.857. The maximum Gasteiger partial charge on any atom is 0.313 e. The lowest BCUT2D eigenvalue weighted by molar-refractivity contribution is 0.275. The standard InChI is InChI=1S/C6H13N.CCl2O/c1-7-5-3-2-4-6-7;2-1(3)4/h2-6H2,1H3;. The van der Waals surface area contributed by atoms with Gasteiger partial charge in [-0.05, 0) is 56.2 Å². The van der Waals surface area contributed by atoms with Crippen molar-refractivity contribution in [1.29, 1.82) is 0 Å². The highest BCUT2D eigenvalue weighted by molar-refractivity contribution is 6.93. The van der Waals surface area contributed by atoms with Gasteiger partial charge in [0.15, 0.2) is 0 Å². The third-order valence-electron chi connectivity index (χ3n) is 1.58. The van der Waals surface area contributed by atoms with Gasteiger partial charge in [0.05, 0.1) is 0 Å². The van der Waals surface area contributed by atoms with Gasteiger partial charge in [0, 0.05) is 0 Å². The molecule has 0 aliphatic carbocycles. The topological polar surface area (TPSA) is 20.3 Å². The maximum atomic E-state index is 8.98. The quantitative estimate of drug-likeness (QED) is 0.557. The molecular weight excluding hydrogens is 185 g/mol. The van der Waals surface area contributed by atoms with Crippen molar-refractivity contribution in [1.82, 2.24) is 4.90 Å². The molecule has 0 unspecified atom stereocenters. The number of nitrogens with zero attached hydrogens (tertiary/aromatic N) is 1. The number of carbonyl (C=O) groups excluding carboxylic acids is 1. The van der Waals surface area contributed by atoms with Gasteiger partial charge in [0.25, 0.3) is 0 Å².